The van der Waals surface area contributed by atoms with Gasteiger partial charge < -0.3 is 14.7 Å². The highest BCUT2D eigenvalue weighted by Gasteiger charge is 2.16. The second-order valence-electron chi connectivity index (χ2n) is 5.51. The number of benzene rings is 1. The van der Waals surface area contributed by atoms with Crippen molar-refractivity contribution in [3.63, 3.8) is 0 Å². The first-order valence-corrected chi connectivity index (χ1v) is 8.41. The van der Waals surface area contributed by atoms with Crippen LogP contribution in [0.15, 0.2) is 41.1 Å². The maximum Gasteiger partial charge on any atom is 0.119 e. The number of rotatable bonds is 6. The maximum absolute atomic E-state index is 10.0. The van der Waals surface area contributed by atoms with E-state index in [0.717, 1.165) is 18.8 Å². The summed E-state index contributed by atoms with van der Waals surface area (Å²) in [4.78, 5) is 2.30. The molecule has 1 aromatic carbocycles. The van der Waals surface area contributed by atoms with Gasteiger partial charge in [-0.05, 0) is 66.0 Å². The third-order valence-corrected chi connectivity index (χ3v) is 4.50. The third-order valence-electron chi connectivity index (χ3n) is 3.82. The summed E-state index contributed by atoms with van der Waals surface area (Å²) in [6.45, 7) is 3.28. The zero-order chi connectivity index (χ0) is 14.5. The van der Waals surface area contributed by atoms with Gasteiger partial charge in [0.2, 0.25) is 0 Å². The molecule has 0 radical (unpaired) electrons. The van der Waals surface area contributed by atoms with Crippen LogP contribution in [0.3, 0.4) is 0 Å². The van der Waals surface area contributed by atoms with Crippen molar-refractivity contribution in [1.82, 2.24) is 4.90 Å². The minimum absolute atomic E-state index is 0.355. The van der Waals surface area contributed by atoms with Crippen molar-refractivity contribution >= 4 is 11.3 Å². The number of nitrogens with zero attached hydrogens (tertiary/aromatic N) is 1. The molecular weight excluding hydrogens is 282 g/mol. The smallest absolute Gasteiger partial charge is 0.119 e. The molecule has 21 heavy (non-hydrogen) atoms. The lowest BCUT2D eigenvalue weighted by molar-refractivity contribution is 0.0758. The van der Waals surface area contributed by atoms with Gasteiger partial charge in [0, 0.05) is 6.54 Å². The molecule has 0 spiro atoms. The van der Waals surface area contributed by atoms with Crippen LogP contribution in [0, 0.1) is 0 Å². The summed E-state index contributed by atoms with van der Waals surface area (Å²) in [5.74, 6) is 0.814. The minimum Gasteiger partial charge on any atom is -0.491 e. The summed E-state index contributed by atoms with van der Waals surface area (Å²) in [7, 11) is 0. The first-order chi connectivity index (χ1) is 10.3. The fraction of sp³-hybridized carbons (Fsp3) is 0.412. The van der Waals surface area contributed by atoms with Gasteiger partial charge in [0.25, 0.3) is 0 Å². The molecular formula is C17H21NO2S. The van der Waals surface area contributed by atoms with Crippen LogP contribution in [-0.4, -0.2) is 42.4 Å². The Bertz CT molecular complexity index is 532. The molecule has 0 bridgehead atoms. The van der Waals surface area contributed by atoms with Gasteiger partial charge in [-0.1, -0.05) is 12.1 Å². The molecule has 3 nitrogen and oxygen atoms in total. The lowest BCUT2D eigenvalue weighted by atomic mass is 10.1. The number of likely N-dealkylation sites (tertiary alicyclic amines) is 1. The molecule has 0 saturated carbocycles. The van der Waals surface area contributed by atoms with Crippen LogP contribution < -0.4 is 4.74 Å². The molecule has 4 heteroatoms. The van der Waals surface area contributed by atoms with Crippen molar-refractivity contribution in [1.29, 1.82) is 0 Å². The van der Waals surface area contributed by atoms with E-state index in [9.17, 15) is 5.11 Å². The van der Waals surface area contributed by atoms with E-state index in [1.54, 1.807) is 11.3 Å². The molecule has 1 aromatic heterocycles. The van der Waals surface area contributed by atoms with E-state index in [1.165, 1.54) is 24.0 Å². The zero-order valence-corrected chi connectivity index (χ0v) is 12.9. The molecule has 3 rings (SSSR count). The van der Waals surface area contributed by atoms with E-state index >= 15 is 0 Å². The first-order valence-electron chi connectivity index (χ1n) is 7.47. The minimum atomic E-state index is -0.417. The topological polar surface area (TPSA) is 32.7 Å². The lowest BCUT2D eigenvalue weighted by Crippen LogP contribution is -2.33. The normalized spacial score (nSPS) is 17.0. The zero-order valence-electron chi connectivity index (χ0n) is 12.1. The van der Waals surface area contributed by atoms with Gasteiger partial charge in [-0.3, -0.25) is 0 Å². The van der Waals surface area contributed by atoms with E-state index in [2.05, 4.69) is 33.9 Å². The van der Waals surface area contributed by atoms with E-state index in [0.29, 0.717) is 13.2 Å². The van der Waals surface area contributed by atoms with Crippen molar-refractivity contribution in [2.24, 2.45) is 0 Å². The third kappa shape index (κ3) is 4.06. The molecule has 2 heterocycles. The Kier molecular flexibility index (Phi) is 4.91. The molecule has 0 aliphatic carbocycles. The number of β-amino-alcohol motifs (C(OH)–C–C–N with tert-alkyl or cyclic N) is 1. The standard InChI is InChI=1S/C17H21NO2S/c19-16(11-18-8-1-2-9-18)12-20-17-5-3-14(4-6-17)15-7-10-21-13-15/h3-7,10,13,16,19H,1-2,8-9,11-12H2. The summed E-state index contributed by atoms with van der Waals surface area (Å²) in [6, 6.07) is 10.2. The highest BCUT2D eigenvalue weighted by Crippen LogP contribution is 2.24. The van der Waals surface area contributed by atoms with Gasteiger partial charge in [0.05, 0.1) is 0 Å². The second-order valence-corrected chi connectivity index (χ2v) is 6.29. The Morgan fingerprint density at radius 2 is 1.86 bits per heavy atom. The Hall–Kier alpha value is -1.36. The van der Waals surface area contributed by atoms with Crippen LogP contribution in [0.2, 0.25) is 0 Å². The largest absolute Gasteiger partial charge is 0.491 e. The second kappa shape index (κ2) is 7.07. The average Bonchev–Trinajstić information content (AvgIpc) is 3.19. The molecule has 1 aliphatic rings. The molecule has 1 N–H and O–H groups in total. The van der Waals surface area contributed by atoms with Gasteiger partial charge in [-0.15, -0.1) is 0 Å². The summed E-state index contributed by atoms with van der Waals surface area (Å²) in [6.07, 6.45) is 2.08. The number of aliphatic hydroxyl groups is 1. The van der Waals surface area contributed by atoms with Gasteiger partial charge in [0.1, 0.15) is 18.5 Å². The van der Waals surface area contributed by atoms with E-state index < -0.39 is 6.10 Å². The summed E-state index contributed by atoms with van der Waals surface area (Å²) >= 11 is 1.70. The summed E-state index contributed by atoms with van der Waals surface area (Å²) < 4.78 is 5.68. The molecule has 1 atom stereocenters. The monoisotopic (exact) mass is 303 g/mol. The molecule has 0 amide bonds. The van der Waals surface area contributed by atoms with E-state index in [4.69, 9.17) is 4.74 Å². The highest BCUT2D eigenvalue weighted by molar-refractivity contribution is 7.08. The Balaban J connectivity index is 1.48. The van der Waals surface area contributed by atoms with Crippen LogP contribution in [0.5, 0.6) is 5.75 Å². The van der Waals surface area contributed by atoms with Crippen LogP contribution in [-0.2, 0) is 0 Å². The Morgan fingerprint density at radius 3 is 2.52 bits per heavy atom. The van der Waals surface area contributed by atoms with Gasteiger partial charge in [-0.25, -0.2) is 0 Å². The molecule has 1 saturated heterocycles. The van der Waals surface area contributed by atoms with Crippen molar-refractivity contribution < 1.29 is 9.84 Å². The van der Waals surface area contributed by atoms with Crippen LogP contribution >= 0.6 is 11.3 Å². The van der Waals surface area contributed by atoms with E-state index in [1.807, 2.05) is 12.1 Å². The maximum atomic E-state index is 10.0. The first kappa shape index (κ1) is 14.6. The van der Waals surface area contributed by atoms with Crippen LogP contribution in [0.1, 0.15) is 12.8 Å². The van der Waals surface area contributed by atoms with Gasteiger partial charge in [-0.2, -0.15) is 11.3 Å². The predicted octanol–water partition coefficient (Wildman–Crippen LogP) is 3.25. The van der Waals surface area contributed by atoms with Gasteiger partial charge >= 0.3 is 0 Å². The molecule has 1 fully saturated rings. The number of thiophene rings is 1. The number of aliphatic hydroxyl groups excluding tert-OH is 1. The van der Waals surface area contributed by atoms with Crippen molar-refractivity contribution in [2.45, 2.75) is 18.9 Å². The number of ether oxygens (including phenoxy) is 1. The average molecular weight is 303 g/mol. The number of hydrogen-bond donors (Lipinski definition) is 1. The van der Waals surface area contributed by atoms with Gasteiger partial charge in [0.15, 0.2) is 0 Å². The van der Waals surface area contributed by atoms with E-state index in [-0.39, 0.29) is 0 Å². The molecule has 2 aromatic rings. The fourth-order valence-corrected chi connectivity index (χ4v) is 3.35. The van der Waals surface area contributed by atoms with Crippen LogP contribution in [0.4, 0.5) is 0 Å². The van der Waals surface area contributed by atoms with Crippen molar-refractivity contribution in [3.05, 3.63) is 41.1 Å². The fourth-order valence-electron chi connectivity index (χ4n) is 2.68. The van der Waals surface area contributed by atoms with Crippen LogP contribution in [0.25, 0.3) is 11.1 Å². The summed E-state index contributed by atoms with van der Waals surface area (Å²) in [5.41, 5.74) is 2.43. The Morgan fingerprint density at radius 1 is 1.10 bits per heavy atom. The lowest BCUT2D eigenvalue weighted by Gasteiger charge is -2.19. The molecule has 1 aliphatic heterocycles. The van der Waals surface area contributed by atoms with Crippen molar-refractivity contribution in [2.75, 3.05) is 26.2 Å². The quantitative estimate of drug-likeness (QED) is 0.889. The summed E-state index contributed by atoms with van der Waals surface area (Å²) in [5, 5.41) is 14.2. The number of hydrogen-bond acceptors (Lipinski definition) is 4. The predicted molar refractivity (Wildman–Crippen MR) is 86.9 cm³/mol. The molecule has 112 valence electrons. The Labute approximate surface area is 129 Å². The van der Waals surface area contributed by atoms with Crippen molar-refractivity contribution in [3.8, 4) is 16.9 Å². The SMILES string of the molecule is OC(COc1ccc(-c2ccsc2)cc1)CN1CCCC1. The highest BCUT2D eigenvalue weighted by atomic mass is 32.1. The molecule has 1 unspecified atom stereocenters.